The minimum Gasteiger partial charge on any atom is -0.260 e. The predicted molar refractivity (Wildman–Crippen MR) is 73.0 cm³/mol. The van der Waals surface area contributed by atoms with Crippen molar-refractivity contribution in [1.82, 2.24) is 19.8 Å². The van der Waals surface area contributed by atoms with Gasteiger partial charge in [-0.3, -0.25) is 5.43 Å². The summed E-state index contributed by atoms with van der Waals surface area (Å²) in [6.45, 7) is 1.65. The van der Waals surface area contributed by atoms with Crippen molar-refractivity contribution in [3.05, 3.63) is 52.6 Å². The van der Waals surface area contributed by atoms with E-state index >= 15 is 0 Å². The number of nitrogens with zero attached hydrogens (tertiary/aromatic N) is 5. The number of benzene rings is 1. The average Bonchev–Trinajstić information content (AvgIpc) is 2.95. The van der Waals surface area contributed by atoms with Gasteiger partial charge in [0.1, 0.15) is 0 Å². The van der Waals surface area contributed by atoms with E-state index in [1.165, 1.54) is 10.6 Å². The van der Waals surface area contributed by atoms with Gasteiger partial charge in [-0.15, -0.1) is 15.3 Å². The summed E-state index contributed by atoms with van der Waals surface area (Å²) in [5, 5.41) is 15.1. The zero-order valence-electron chi connectivity index (χ0n) is 11.9. The van der Waals surface area contributed by atoms with Gasteiger partial charge in [-0.1, -0.05) is 0 Å². The van der Waals surface area contributed by atoms with Gasteiger partial charge in [-0.05, 0) is 19.1 Å². The number of nitrogens with one attached hydrogen (secondary N) is 1. The molecule has 0 bridgehead atoms. The van der Waals surface area contributed by atoms with Gasteiger partial charge in [0.15, 0.2) is 40.6 Å². The van der Waals surface area contributed by atoms with Crippen LogP contribution in [0.3, 0.4) is 0 Å². The summed E-state index contributed by atoms with van der Waals surface area (Å²) in [6.07, 6.45) is 0.473. The second-order valence-corrected chi connectivity index (χ2v) is 4.59. The lowest BCUT2D eigenvalue weighted by Gasteiger charge is -2.04. The van der Waals surface area contributed by atoms with Crippen LogP contribution in [0.15, 0.2) is 17.2 Å². The minimum atomic E-state index is -2.23. The van der Waals surface area contributed by atoms with Crippen LogP contribution >= 0.6 is 0 Å². The molecule has 0 aliphatic rings. The number of rotatable bonds is 3. The van der Waals surface area contributed by atoms with Crippen LogP contribution in [-0.2, 0) is 0 Å². The number of hydrogen-bond donors (Lipinski definition) is 1. The molecule has 6 nitrogen and oxygen atoms in total. The summed E-state index contributed by atoms with van der Waals surface area (Å²) in [4.78, 5) is 0. The average molecular weight is 342 g/mol. The lowest BCUT2D eigenvalue weighted by molar-refractivity contribution is 0.377. The highest BCUT2D eigenvalue weighted by Gasteiger charge is 2.24. The van der Waals surface area contributed by atoms with E-state index in [2.05, 4.69) is 25.8 Å². The van der Waals surface area contributed by atoms with Crippen molar-refractivity contribution in [2.75, 3.05) is 5.43 Å². The molecule has 0 atom stereocenters. The molecule has 2 aromatic heterocycles. The SMILES string of the molecule is Cc1nnc2ccc(N/N=C\c3c(F)c(F)c(F)c(F)c3F)nn12. The normalized spacial score (nSPS) is 11.6. The number of aromatic nitrogens is 4. The molecule has 2 heterocycles. The minimum absolute atomic E-state index is 0.144. The lowest BCUT2D eigenvalue weighted by Crippen LogP contribution is -2.07. The molecule has 0 aliphatic carbocycles. The third-order valence-electron chi connectivity index (χ3n) is 3.04. The molecule has 24 heavy (non-hydrogen) atoms. The molecule has 1 aromatic carbocycles. The number of fused-ring (bicyclic) bond motifs is 1. The number of hydrazone groups is 1. The molecule has 3 aromatic rings. The van der Waals surface area contributed by atoms with E-state index < -0.39 is 34.6 Å². The number of halogens is 5. The fourth-order valence-electron chi connectivity index (χ4n) is 1.85. The lowest BCUT2D eigenvalue weighted by atomic mass is 10.2. The molecule has 11 heteroatoms. The molecule has 0 unspecified atom stereocenters. The Morgan fingerprint density at radius 1 is 0.958 bits per heavy atom. The van der Waals surface area contributed by atoms with Crippen molar-refractivity contribution < 1.29 is 22.0 Å². The number of anilines is 1. The molecule has 0 saturated carbocycles. The Morgan fingerprint density at radius 3 is 2.25 bits per heavy atom. The smallest absolute Gasteiger partial charge is 0.200 e. The van der Waals surface area contributed by atoms with Crippen LogP contribution in [0, 0.1) is 36.0 Å². The van der Waals surface area contributed by atoms with Gasteiger partial charge in [-0.25, -0.2) is 22.0 Å². The summed E-state index contributed by atoms with van der Waals surface area (Å²) < 4.78 is 67.4. The molecule has 0 saturated heterocycles. The fourth-order valence-corrected chi connectivity index (χ4v) is 1.85. The van der Waals surface area contributed by atoms with Crippen molar-refractivity contribution in [3.63, 3.8) is 0 Å². The molecule has 0 spiro atoms. The molecule has 0 fully saturated rings. The zero-order chi connectivity index (χ0) is 17.4. The monoisotopic (exact) mass is 342 g/mol. The van der Waals surface area contributed by atoms with Crippen LogP contribution in [0.1, 0.15) is 11.4 Å². The van der Waals surface area contributed by atoms with Gasteiger partial charge in [0.05, 0.1) is 11.8 Å². The Bertz CT molecular complexity index is 938. The molecular formula is C13H7F5N6. The van der Waals surface area contributed by atoms with E-state index in [0.717, 1.165) is 0 Å². The van der Waals surface area contributed by atoms with E-state index in [4.69, 9.17) is 0 Å². The molecule has 0 radical (unpaired) electrons. The Labute approximate surface area is 130 Å². The first-order valence-corrected chi connectivity index (χ1v) is 6.39. The largest absolute Gasteiger partial charge is 0.260 e. The third kappa shape index (κ3) is 2.53. The first kappa shape index (κ1) is 15.8. The van der Waals surface area contributed by atoms with E-state index in [1.807, 2.05) is 0 Å². The molecular weight excluding hydrogens is 335 g/mol. The molecule has 1 N–H and O–H groups in total. The second kappa shape index (κ2) is 5.83. The summed E-state index contributed by atoms with van der Waals surface area (Å²) in [5.74, 6) is -9.65. The zero-order valence-corrected chi connectivity index (χ0v) is 11.9. The Morgan fingerprint density at radius 2 is 1.58 bits per heavy atom. The van der Waals surface area contributed by atoms with Crippen LogP contribution in [0.4, 0.5) is 27.8 Å². The van der Waals surface area contributed by atoms with E-state index in [0.29, 0.717) is 17.7 Å². The van der Waals surface area contributed by atoms with Crippen LogP contribution in [-0.4, -0.2) is 26.0 Å². The van der Waals surface area contributed by atoms with Gasteiger partial charge >= 0.3 is 0 Å². The Balaban J connectivity index is 1.90. The summed E-state index contributed by atoms with van der Waals surface area (Å²) >= 11 is 0. The first-order valence-electron chi connectivity index (χ1n) is 6.39. The van der Waals surface area contributed by atoms with Gasteiger partial charge in [0.25, 0.3) is 0 Å². The molecule has 0 aliphatic heterocycles. The second-order valence-electron chi connectivity index (χ2n) is 4.59. The van der Waals surface area contributed by atoms with Crippen molar-refractivity contribution in [1.29, 1.82) is 0 Å². The van der Waals surface area contributed by atoms with Crippen molar-refractivity contribution in [2.45, 2.75) is 6.92 Å². The molecule has 124 valence electrons. The highest BCUT2D eigenvalue weighted by atomic mass is 19.2. The maximum atomic E-state index is 13.5. The van der Waals surface area contributed by atoms with Crippen LogP contribution < -0.4 is 5.43 Å². The van der Waals surface area contributed by atoms with Crippen LogP contribution in [0.25, 0.3) is 5.65 Å². The summed E-state index contributed by atoms with van der Waals surface area (Å²) in [7, 11) is 0. The Hall–Kier alpha value is -3.11. The van der Waals surface area contributed by atoms with Crippen molar-refractivity contribution in [3.8, 4) is 0 Å². The summed E-state index contributed by atoms with van der Waals surface area (Å²) in [6, 6.07) is 2.99. The van der Waals surface area contributed by atoms with Crippen LogP contribution in [0.2, 0.25) is 0 Å². The first-order chi connectivity index (χ1) is 11.4. The maximum absolute atomic E-state index is 13.5. The fraction of sp³-hybridized carbons (Fsp3) is 0.0769. The van der Waals surface area contributed by atoms with E-state index in [-0.39, 0.29) is 5.82 Å². The van der Waals surface area contributed by atoms with Crippen LogP contribution in [0.5, 0.6) is 0 Å². The number of hydrogen-bond acceptors (Lipinski definition) is 5. The number of aryl methyl sites for hydroxylation is 1. The standard InChI is InChI=1S/C13H7F5N6/c1-5-20-22-8-3-2-7(23-24(5)8)21-19-4-6-9(14)11(16)13(18)12(17)10(6)15/h2-4H,1H3,(H,21,23)/b19-4-. The van der Waals surface area contributed by atoms with E-state index in [1.54, 1.807) is 13.0 Å². The van der Waals surface area contributed by atoms with Gasteiger partial charge in [0.2, 0.25) is 5.82 Å². The van der Waals surface area contributed by atoms with Crippen molar-refractivity contribution in [2.24, 2.45) is 5.10 Å². The molecule has 3 rings (SSSR count). The highest BCUT2D eigenvalue weighted by molar-refractivity contribution is 5.81. The quantitative estimate of drug-likeness (QED) is 0.261. The summed E-state index contributed by atoms with van der Waals surface area (Å²) in [5.41, 5.74) is 1.61. The highest BCUT2D eigenvalue weighted by Crippen LogP contribution is 2.21. The topological polar surface area (TPSA) is 67.5 Å². The maximum Gasteiger partial charge on any atom is 0.200 e. The van der Waals surface area contributed by atoms with Gasteiger partial charge in [-0.2, -0.15) is 9.62 Å². The third-order valence-corrected chi connectivity index (χ3v) is 3.04. The van der Waals surface area contributed by atoms with Gasteiger partial charge in [0, 0.05) is 0 Å². The predicted octanol–water partition coefficient (Wildman–Crippen LogP) is 2.57. The molecule has 0 amide bonds. The Kier molecular flexibility index (Phi) is 3.83. The van der Waals surface area contributed by atoms with Crippen molar-refractivity contribution >= 4 is 17.7 Å². The van der Waals surface area contributed by atoms with Gasteiger partial charge < -0.3 is 0 Å². The van der Waals surface area contributed by atoms with E-state index in [9.17, 15) is 22.0 Å².